The number of hydrogen-bond donors (Lipinski definition) is 2. The monoisotopic (exact) mass is 440 g/mol. The van der Waals surface area contributed by atoms with Crippen LogP contribution in [0.25, 0.3) is 22.5 Å². The zero-order chi connectivity index (χ0) is 18.0. The normalized spacial score (nSPS) is 10.7. The third-order valence-corrected chi connectivity index (χ3v) is 4.41. The summed E-state index contributed by atoms with van der Waals surface area (Å²) in [5.74, 6) is -0.629. The van der Waals surface area contributed by atoms with E-state index in [1.54, 1.807) is 36.4 Å². The van der Waals surface area contributed by atoms with Gasteiger partial charge >= 0.3 is 5.97 Å². The van der Waals surface area contributed by atoms with E-state index in [4.69, 9.17) is 33.0 Å². The Labute approximate surface area is 161 Å². The molecule has 0 bridgehead atoms. The quantitative estimate of drug-likeness (QED) is 0.565. The van der Waals surface area contributed by atoms with E-state index < -0.39 is 12.6 Å². The number of rotatable bonds is 5. The Morgan fingerprint density at radius 1 is 1.16 bits per heavy atom. The molecule has 25 heavy (non-hydrogen) atoms. The average Bonchev–Trinajstić information content (AvgIpc) is 3.03. The first kappa shape index (κ1) is 17.8. The van der Waals surface area contributed by atoms with E-state index in [-0.39, 0.29) is 0 Å². The van der Waals surface area contributed by atoms with E-state index >= 15 is 0 Å². The number of aromatic amines is 1. The summed E-state index contributed by atoms with van der Waals surface area (Å²) in [5.41, 5.74) is 2.72. The lowest BCUT2D eigenvalue weighted by Crippen LogP contribution is -2.10. The number of nitrogens with zero attached hydrogens (tertiary/aromatic N) is 1. The van der Waals surface area contributed by atoms with Gasteiger partial charge in [0.1, 0.15) is 5.75 Å². The molecule has 128 valence electrons. The topological polar surface area (TPSA) is 75.2 Å². The number of H-pyrrole nitrogens is 1. The zero-order valence-electron chi connectivity index (χ0n) is 12.6. The molecule has 2 aromatic carbocycles. The van der Waals surface area contributed by atoms with E-state index in [1.165, 1.54) is 0 Å². The van der Waals surface area contributed by atoms with Gasteiger partial charge in [0.05, 0.1) is 16.4 Å². The number of benzene rings is 2. The SMILES string of the molecule is O=C(O)COc1ccc(Br)cc1-c1cc(-c2ccc(Cl)cc2Cl)[nH]n1. The van der Waals surface area contributed by atoms with Gasteiger partial charge in [-0.1, -0.05) is 39.1 Å². The molecule has 3 aromatic rings. The molecular formula is C17H11BrCl2N2O3. The van der Waals surface area contributed by atoms with Gasteiger partial charge in [0, 0.05) is 20.6 Å². The molecule has 0 aliphatic heterocycles. The molecule has 0 atom stereocenters. The highest BCUT2D eigenvalue weighted by Gasteiger charge is 2.14. The van der Waals surface area contributed by atoms with Crippen LogP contribution in [0.2, 0.25) is 10.0 Å². The molecule has 1 heterocycles. The number of hydrogen-bond acceptors (Lipinski definition) is 3. The summed E-state index contributed by atoms with van der Waals surface area (Å²) in [6.07, 6.45) is 0. The van der Waals surface area contributed by atoms with Gasteiger partial charge in [0.15, 0.2) is 6.61 Å². The Morgan fingerprint density at radius 3 is 2.68 bits per heavy atom. The van der Waals surface area contributed by atoms with Gasteiger partial charge in [-0.05, 0) is 42.5 Å². The summed E-state index contributed by atoms with van der Waals surface area (Å²) in [4.78, 5) is 10.8. The number of carboxylic acids is 1. The molecular weight excluding hydrogens is 431 g/mol. The molecule has 0 amide bonds. The molecule has 0 fully saturated rings. The molecule has 0 saturated heterocycles. The number of aromatic nitrogens is 2. The lowest BCUT2D eigenvalue weighted by Gasteiger charge is -2.08. The van der Waals surface area contributed by atoms with Crippen molar-refractivity contribution in [1.29, 1.82) is 0 Å². The van der Waals surface area contributed by atoms with Crippen molar-refractivity contribution >= 4 is 45.1 Å². The number of ether oxygens (including phenoxy) is 1. The summed E-state index contributed by atoms with van der Waals surface area (Å²) in [7, 11) is 0. The molecule has 3 rings (SSSR count). The largest absolute Gasteiger partial charge is 0.481 e. The van der Waals surface area contributed by atoms with Gasteiger partial charge < -0.3 is 9.84 Å². The van der Waals surface area contributed by atoms with Crippen LogP contribution < -0.4 is 4.74 Å². The van der Waals surface area contributed by atoms with Crippen LogP contribution in [0.3, 0.4) is 0 Å². The van der Waals surface area contributed by atoms with Gasteiger partial charge in [-0.3, -0.25) is 5.10 Å². The smallest absolute Gasteiger partial charge is 0.341 e. The summed E-state index contributed by atoms with van der Waals surface area (Å²) < 4.78 is 6.16. The lowest BCUT2D eigenvalue weighted by atomic mass is 10.1. The van der Waals surface area contributed by atoms with Crippen LogP contribution in [0.5, 0.6) is 5.75 Å². The van der Waals surface area contributed by atoms with Crippen LogP contribution in [0.4, 0.5) is 0 Å². The standard InChI is InChI=1S/C17H11BrCl2N2O3/c18-9-1-4-16(25-8-17(23)24)12(5-9)15-7-14(21-22-15)11-3-2-10(19)6-13(11)20/h1-7H,8H2,(H,21,22)(H,23,24). The van der Waals surface area contributed by atoms with Gasteiger partial charge in [0.2, 0.25) is 0 Å². The van der Waals surface area contributed by atoms with Crippen LogP contribution in [0, 0.1) is 0 Å². The maximum atomic E-state index is 10.8. The van der Waals surface area contributed by atoms with Crippen molar-refractivity contribution in [2.24, 2.45) is 0 Å². The van der Waals surface area contributed by atoms with Crippen LogP contribution in [0.15, 0.2) is 46.9 Å². The Bertz CT molecular complexity index is 943. The Balaban J connectivity index is 1.99. The van der Waals surface area contributed by atoms with E-state index in [0.717, 1.165) is 10.0 Å². The molecule has 0 aliphatic carbocycles. The summed E-state index contributed by atoms with van der Waals surface area (Å²) in [5, 5.41) is 17.1. The number of halogens is 3. The fourth-order valence-corrected chi connectivity index (χ4v) is 3.14. The highest BCUT2D eigenvalue weighted by Crippen LogP contribution is 2.35. The van der Waals surface area contributed by atoms with Crippen molar-refractivity contribution in [2.75, 3.05) is 6.61 Å². The maximum absolute atomic E-state index is 10.8. The second-order valence-corrected chi connectivity index (χ2v) is 6.87. The first-order chi connectivity index (χ1) is 11.9. The number of carboxylic acid groups (broad SMARTS) is 1. The molecule has 0 aliphatic rings. The van der Waals surface area contributed by atoms with Gasteiger partial charge in [0.25, 0.3) is 0 Å². The fourth-order valence-electron chi connectivity index (χ4n) is 2.27. The van der Waals surface area contributed by atoms with Gasteiger partial charge in [-0.15, -0.1) is 0 Å². The Hall–Kier alpha value is -2.02. The second kappa shape index (κ2) is 7.47. The van der Waals surface area contributed by atoms with E-state index in [0.29, 0.717) is 32.7 Å². The van der Waals surface area contributed by atoms with E-state index in [2.05, 4.69) is 26.1 Å². The first-order valence-electron chi connectivity index (χ1n) is 7.09. The molecule has 8 heteroatoms. The zero-order valence-corrected chi connectivity index (χ0v) is 15.7. The van der Waals surface area contributed by atoms with Crippen molar-refractivity contribution in [3.8, 4) is 28.3 Å². The summed E-state index contributed by atoms with van der Waals surface area (Å²) in [6, 6.07) is 12.3. The van der Waals surface area contributed by atoms with Crippen molar-refractivity contribution < 1.29 is 14.6 Å². The highest BCUT2D eigenvalue weighted by atomic mass is 79.9. The van der Waals surface area contributed by atoms with Gasteiger partial charge in [-0.25, -0.2) is 4.79 Å². The third-order valence-electron chi connectivity index (χ3n) is 3.37. The fraction of sp³-hybridized carbons (Fsp3) is 0.0588. The summed E-state index contributed by atoms with van der Waals surface area (Å²) in [6.45, 7) is -0.436. The third kappa shape index (κ3) is 4.15. The van der Waals surface area contributed by atoms with Crippen molar-refractivity contribution in [1.82, 2.24) is 10.2 Å². The Morgan fingerprint density at radius 2 is 1.96 bits per heavy atom. The maximum Gasteiger partial charge on any atom is 0.341 e. The second-order valence-electron chi connectivity index (χ2n) is 5.11. The minimum atomic E-state index is -1.05. The minimum absolute atomic E-state index is 0.422. The minimum Gasteiger partial charge on any atom is -0.481 e. The van der Waals surface area contributed by atoms with E-state index in [9.17, 15) is 4.79 Å². The number of nitrogens with one attached hydrogen (secondary N) is 1. The van der Waals surface area contributed by atoms with Crippen LogP contribution in [-0.4, -0.2) is 27.9 Å². The molecule has 0 spiro atoms. The number of carbonyl (C=O) groups is 1. The van der Waals surface area contributed by atoms with Crippen LogP contribution in [-0.2, 0) is 4.79 Å². The number of aliphatic carboxylic acids is 1. The molecule has 1 aromatic heterocycles. The van der Waals surface area contributed by atoms with Crippen LogP contribution >= 0.6 is 39.1 Å². The van der Waals surface area contributed by atoms with Crippen molar-refractivity contribution in [2.45, 2.75) is 0 Å². The van der Waals surface area contributed by atoms with Crippen molar-refractivity contribution in [3.63, 3.8) is 0 Å². The molecule has 0 radical (unpaired) electrons. The molecule has 5 nitrogen and oxygen atoms in total. The average molecular weight is 442 g/mol. The van der Waals surface area contributed by atoms with E-state index in [1.807, 2.05) is 6.07 Å². The highest BCUT2D eigenvalue weighted by molar-refractivity contribution is 9.10. The molecule has 0 unspecified atom stereocenters. The van der Waals surface area contributed by atoms with Crippen molar-refractivity contribution in [3.05, 3.63) is 57.0 Å². The van der Waals surface area contributed by atoms with Gasteiger partial charge in [-0.2, -0.15) is 5.10 Å². The predicted molar refractivity (Wildman–Crippen MR) is 100 cm³/mol. The summed E-state index contributed by atoms with van der Waals surface area (Å²) >= 11 is 15.6. The molecule has 0 saturated carbocycles. The Kier molecular flexibility index (Phi) is 5.32. The molecule has 2 N–H and O–H groups in total. The predicted octanol–water partition coefficient (Wildman–Crippen LogP) is 5.28. The lowest BCUT2D eigenvalue weighted by molar-refractivity contribution is -0.139. The van der Waals surface area contributed by atoms with Crippen LogP contribution in [0.1, 0.15) is 0 Å². The first-order valence-corrected chi connectivity index (χ1v) is 8.64.